The van der Waals surface area contributed by atoms with Crippen molar-refractivity contribution in [3.8, 4) is 0 Å². The summed E-state index contributed by atoms with van der Waals surface area (Å²) >= 11 is -4.31. The van der Waals surface area contributed by atoms with E-state index in [4.69, 9.17) is 20.8 Å². The van der Waals surface area contributed by atoms with Crippen LogP contribution in [0.5, 0.6) is 0 Å². The van der Waals surface area contributed by atoms with Gasteiger partial charge in [0.25, 0.3) is 0 Å². The summed E-state index contributed by atoms with van der Waals surface area (Å²) in [6.45, 7) is -2.54. The molecule has 0 bridgehead atoms. The molecular formula is C12H22O13Te. The zero-order valence-electron chi connectivity index (χ0n) is 13.3. The first-order valence-corrected chi connectivity index (χ1v) is 10.5. The summed E-state index contributed by atoms with van der Waals surface area (Å²) in [6.07, 6.45) is -13.2. The van der Waals surface area contributed by atoms with Crippen molar-refractivity contribution in [2.75, 3.05) is 19.8 Å². The van der Waals surface area contributed by atoms with Gasteiger partial charge in [0.15, 0.2) is 0 Å². The molecule has 2 saturated heterocycles. The normalized spacial score (nSPS) is 46.8. The van der Waals surface area contributed by atoms with Gasteiger partial charge in [-0.2, -0.15) is 0 Å². The number of hydrogen-bond donors (Lipinski definition) is 8. The molecule has 2 aliphatic heterocycles. The zero-order chi connectivity index (χ0) is 19.6. The minimum atomic E-state index is -4.31. The Bertz CT molecular complexity index is 492. The van der Waals surface area contributed by atoms with Gasteiger partial charge in [-0.25, -0.2) is 0 Å². The molecule has 0 amide bonds. The Morgan fingerprint density at radius 1 is 0.923 bits per heavy atom. The second-order valence-corrected chi connectivity index (χ2v) is 7.64. The molecule has 0 aliphatic carbocycles. The van der Waals surface area contributed by atoms with E-state index in [0.717, 1.165) is 0 Å². The summed E-state index contributed by atoms with van der Waals surface area (Å²) in [5.41, 5.74) is 0. The zero-order valence-corrected chi connectivity index (χ0v) is 15.6. The van der Waals surface area contributed by atoms with Crippen LogP contribution in [0.2, 0.25) is 0 Å². The topological polar surface area (TPSA) is 216 Å². The van der Waals surface area contributed by atoms with Crippen LogP contribution in [0, 0.1) is 0 Å². The molecule has 14 heteroatoms. The Morgan fingerprint density at radius 2 is 1.54 bits per heavy atom. The molecule has 154 valence electrons. The maximum absolute atomic E-state index is 11.1. The third-order valence-electron chi connectivity index (χ3n) is 4.23. The standard InChI is InChI=1S/C12H22O13Te/c13-1-4-6(16)8(18)9(19)11(22-4)24-12(3-15)10(25-26(20)21)7(17)5(2-14)23-12/h4-11,13-19H,1-3H2,(H,20,21)/t4-,5-,6-,7-,8+,9-,10+,11-,12+/m1/s1. The fraction of sp³-hybridized carbons (Fsp3) is 1.00. The molecule has 0 aromatic rings. The molecule has 9 atom stereocenters. The van der Waals surface area contributed by atoms with Crippen LogP contribution in [0.1, 0.15) is 0 Å². The number of aliphatic hydroxyl groups excluding tert-OH is 7. The molecule has 0 unspecified atom stereocenters. The number of aliphatic hydroxyl groups is 7. The third-order valence-corrected chi connectivity index (χ3v) is 5.29. The van der Waals surface area contributed by atoms with Gasteiger partial charge < -0.3 is 0 Å². The van der Waals surface area contributed by atoms with Gasteiger partial charge in [-0.05, 0) is 0 Å². The number of ether oxygens (including phenoxy) is 3. The summed E-state index contributed by atoms with van der Waals surface area (Å²) in [4.78, 5) is 0. The molecule has 2 fully saturated rings. The van der Waals surface area contributed by atoms with Gasteiger partial charge in [-0.15, -0.1) is 0 Å². The monoisotopic (exact) mass is 504 g/mol. The predicted octanol–water partition coefficient (Wildman–Crippen LogP) is -5.96. The molecule has 0 saturated carbocycles. The predicted molar refractivity (Wildman–Crippen MR) is 76.2 cm³/mol. The molecule has 2 aliphatic rings. The second-order valence-electron chi connectivity index (χ2n) is 5.85. The Labute approximate surface area is 155 Å². The van der Waals surface area contributed by atoms with Crippen molar-refractivity contribution in [3.63, 3.8) is 0 Å². The van der Waals surface area contributed by atoms with Crippen LogP contribution in [-0.2, 0) is 20.4 Å². The van der Waals surface area contributed by atoms with Crippen molar-refractivity contribution in [1.29, 1.82) is 0 Å². The Kier molecular flexibility index (Phi) is 7.82. The van der Waals surface area contributed by atoms with Gasteiger partial charge in [-0.3, -0.25) is 0 Å². The van der Waals surface area contributed by atoms with E-state index in [-0.39, 0.29) is 0 Å². The molecule has 2 rings (SSSR count). The van der Waals surface area contributed by atoms with E-state index in [1.165, 1.54) is 0 Å². The maximum atomic E-state index is 11.1. The van der Waals surface area contributed by atoms with Crippen molar-refractivity contribution < 1.29 is 59.6 Å². The summed E-state index contributed by atoms with van der Waals surface area (Å²) in [5, 5.41) is 67.8. The van der Waals surface area contributed by atoms with E-state index in [2.05, 4.69) is 0 Å². The Morgan fingerprint density at radius 3 is 2.04 bits per heavy atom. The van der Waals surface area contributed by atoms with E-state index < -0.39 is 95.0 Å². The fourth-order valence-electron chi connectivity index (χ4n) is 2.83. The first-order valence-electron chi connectivity index (χ1n) is 7.54. The van der Waals surface area contributed by atoms with Gasteiger partial charge in [-0.1, -0.05) is 0 Å². The molecule has 8 N–H and O–H groups in total. The molecule has 0 aromatic carbocycles. The molecule has 2 heterocycles. The first kappa shape index (κ1) is 22.4. The molecule has 0 radical (unpaired) electrons. The second kappa shape index (κ2) is 9.07. The van der Waals surface area contributed by atoms with Crippen LogP contribution < -0.4 is 0 Å². The van der Waals surface area contributed by atoms with Crippen molar-refractivity contribution in [1.82, 2.24) is 0 Å². The number of rotatable bonds is 7. The van der Waals surface area contributed by atoms with E-state index in [1.54, 1.807) is 0 Å². The molecule has 26 heavy (non-hydrogen) atoms. The Balaban J connectivity index is 2.28. The van der Waals surface area contributed by atoms with Crippen LogP contribution in [-0.4, -0.2) is 134 Å². The van der Waals surface area contributed by atoms with Crippen LogP contribution >= 0.6 is 0 Å². The summed E-state index contributed by atoms with van der Waals surface area (Å²) in [6, 6.07) is 0. The van der Waals surface area contributed by atoms with E-state index >= 15 is 0 Å². The van der Waals surface area contributed by atoms with Crippen molar-refractivity contribution in [2.45, 2.75) is 54.8 Å². The minimum absolute atomic E-state index is 0.743. The molecule has 0 spiro atoms. The summed E-state index contributed by atoms with van der Waals surface area (Å²) < 4.78 is 40.6. The average Bonchev–Trinajstić information content (AvgIpc) is 2.87. The van der Waals surface area contributed by atoms with Gasteiger partial charge >= 0.3 is 155 Å². The van der Waals surface area contributed by atoms with Gasteiger partial charge in [0.05, 0.1) is 0 Å². The van der Waals surface area contributed by atoms with E-state index in [9.17, 15) is 38.9 Å². The number of hydrogen-bond acceptors (Lipinski definition) is 12. The average molecular weight is 502 g/mol. The molecular weight excluding hydrogens is 480 g/mol. The Hall–Kier alpha value is 0.110. The van der Waals surface area contributed by atoms with E-state index in [0.29, 0.717) is 0 Å². The van der Waals surface area contributed by atoms with Crippen LogP contribution in [0.25, 0.3) is 0 Å². The van der Waals surface area contributed by atoms with Crippen molar-refractivity contribution >= 4 is 20.4 Å². The first-order chi connectivity index (χ1) is 12.2. The van der Waals surface area contributed by atoms with Crippen molar-refractivity contribution in [2.24, 2.45) is 0 Å². The SMILES string of the molecule is O=[Te](O)O[C@H]1[C@H](O)[C@@H](CO)O[C@@]1(CO)O[C@H]1O[C@H](CO)[C@@H](O)[C@H](O)[C@H]1O. The van der Waals surface area contributed by atoms with Crippen LogP contribution in [0.4, 0.5) is 0 Å². The van der Waals surface area contributed by atoms with Gasteiger partial charge in [0, 0.05) is 0 Å². The van der Waals surface area contributed by atoms with E-state index in [1.807, 2.05) is 0 Å². The molecule has 0 aromatic heterocycles. The fourth-order valence-corrected chi connectivity index (χ4v) is 4.08. The summed E-state index contributed by atoms with van der Waals surface area (Å²) in [5.74, 6) is -2.33. The third kappa shape index (κ3) is 4.24. The molecule has 13 nitrogen and oxygen atoms in total. The van der Waals surface area contributed by atoms with Crippen LogP contribution in [0.3, 0.4) is 0 Å². The van der Waals surface area contributed by atoms with Crippen LogP contribution in [0.15, 0.2) is 0 Å². The summed E-state index contributed by atoms with van der Waals surface area (Å²) in [7, 11) is 0. The van der Waals surface area contributed by atoms with Gasteiger partial charge in [0.2, 0.25) is 0 Å². The van der Waals surface area contributed by atoms with Gasteiger partial charge in [0.1, 0.15) is 0 Å². The quantitative estimate of drug-likeness (QED) is 0.153. The van der Waals surface area contributed by atoms with Crippen molar-refractivity contribution in [3.05, 3.63) is 0 Å².